The fourth-order valence-electron chi connectivity index (χ4n) is 2.69. The van der Waals surface area contributed by atoms with E-state index >= 15 is 0 Å². The Kier molecular flexibility index (Phi) is 5.87. The lowest BCUT2D eigenvalue weighted by atomic mass is 10.0. The molecule has 0 aliphatic carbocycles. The van der Waals surface area contributed by atoms with Crippen LogP contribution in [0.25, 0.3) is 0 Å². The summed E-state index contributed by atoms with van der Waals surface area (Å²) in [5, 5.41) is 3.69. The lowest BCUT2D eigenvalue weighted by molar-refractivity contribution is 0.197. The van der Waals surface area contributed by atoms with Gasteiger partial charge in [0.1, 0.15) is 0 Å². The second kappa shape index (κ2) is 7.66. The molecule has 2 nitrogen and oxygen atoms in total. The minimum Gasteiger partial charge on any atom is -0.314 e. The van der Waals surface area contributed by atoms with Crippen molar-refractivity contribution < 1.29 is 0 Å². The number of piperidine rings is 1. The SMILES string of the molecule is CC(C)CNC1CCN(CCc2ccccc2)CC1. The normalized spacial score (nSPS) is 18.1. The third-order valence-electron chi connectivity index (χ3n) is 3.96. The number of nitrogens with one attached hydrogen (secondary N) is 1. The Bertz CT molecular complexity index is 340. The summed E-state index contributed by atoms with van der Waals surface area (Å²) >= 11 is 0. The molecule has 19 heavy (non-hydrogen) atoms. The van der Waals surface area contributed by atoms with E-state index in [0.29, 0.717) is 0 Å². The number of benzene rings is 1. The Morgan fingerprint density at radius 2 is 1.84 bits per heavy atom. The largest absolute Gasteiger partial charge is 0.314 e. The van der Waals surface area contributed by atoms with Gasteiger partial charge in [-0.2, -0.15) is 0 Å². The third-order valence-corrected chi connectivity index (χ3v) is 3.96. The van der Waals surface area contributed by atoms with Gasteiger partial charge in [-0.3, -0.25) is 0 Å². The van der Waals surface area contributed by atoms with E-state index < -0.39 is 0 Å². The lowest BCUT2D eigenvalue weighted by Crippen LogP contribution is -2.44. The highest BCUT2D eigenvalue weighted by molar-refractivity contribution is 5.14. The summed E-state index contributed by atoms with van der Waals surface area (Å²) in [6.45, 7) is 9.44. The van der Waals surface area contributed by atoms with Gasteiger partial charge in [-0.1, -0.05) is 44.2 Å². The van der Waals surface area contributed by atoms with Crippen LogP contribution < -0.4 is 5.32 Å². The van der Waals surface area contributed by atoms with Crippen LogP contribution in [0.2, 0.25) is 0 Å². The van der Waals surface area contributed by atoms with E-state index in [2.05, 4.69) is 54.4 Å². The van der Waals surface area contributed by atoms with Crippen LogP contribution in [0.3, 0.4) is 0 Å². The van der Waals surface area contributed by atoms with Gasteiger partial charge in [0, 0.05) is 12.6 Å². The van der Waals surface area contributed by atoms with E-state index in [1.165, 1.54) is 44.5 Å². The van der Waals surface area contributed by atoms with E-state index in [9.17, 15) is 0 Å². The average molecular weight is 260 g/mol. The molecular weight excluding hydrogens is 232 g/mol. The molecule has 2 heteroatoms. The van der Waals surface area contributed by atoms with Gasteiger partial charge in [0.2, 0.25) is 0 Å². The summed E-state index contributed by atoms with van der Waals surface area (Å²) < 4.78 is 0. The van der Waals surface area contributed by atoms with Crippen molar-refractivity contribution in [2.24, 2.45) is 5.92 Å². The smallest absolute Gasteiger partial charge is 0.00915 e. The quantitative estimate of drug-likeness (QED) is 0.846. The Balaban J connectivity index is 1.63. The number of nitrogens with zero attached hydrogens (tertiary/aromatic N) is 1. The maximum atomic E-state index is 3.69. The minimum absolute atomic E-state index is 0.746. The van der Waals surface area contributed by atoms with Crippen molar-refractivity contribution in [2.75, 3.05) is 26.2 Å². The Morgan fingerprint density at radius 3 is 2.47 bits per heavy atom. The molecule has 0 saturated carbocycles. The molecule has 0 bridgehead atoms. The van der Waals surface area contributed by atoms with E-state index in [1.807, 2.05) is 0 Å². The van der Waals surface area contributed by atoms with Gasteiger partial charge in [-0.15, -0.1) is 0 Å². The van der Waals surface area contributed by atoms with Crippen molar-refractivity contribution in [3.05, 3.63) is 35.9 Å². The highest BCUT2D eigenvalue weighted by Crippen LogP contribution is 2.11. The Hall–Kier alpha value is -0.860. The topological polar surface area (TPSA) is 15.3 Å². The third kappa shape index (κ3) is 5.33. The zero-order valence-corrected chi connectivity index (χ0v) is 12.4. The molecule has 0 aromatic heterocycles. The number of hydrogen-bond donors (Lipinski definition) is 1. The molecule has 1 aliphatic rings. The van der Waals surface area contributed by atoms with Crippen LogP contribution in [0.5, 0.6) is 0 Å². The second-order valence-electron chi connectivity index (χ2n) is 6.15. The van der Waals surface area contributed by atoms with Crippen LogP contribution in [-0.4, -0.2) is 37.1 Å². The summed E-state index contributed by atoms with van der Waals surface area (Å²) in [4.78, 5) is 2.61. The van der Waals surface area contributed by atoms with Gasteiger partial charge < -0.3 is 10.2 Å². The Labute approximate surface area is 118 Å². The van der Waals surface area contributed by atoms with Crippen LogP contribution in [0.1, 0.15) is 32.3 Å². The first kappa shape index (κ1) is 14.5. The van der Waals surface area contributed by atoms with Crippen molar-refractivity contribution in [2.45, 2.75) is 39.2 Å². The first-order valence-electron chi connectivity index (χ1n) is 7.73. The van der Waals surface area contributed by atoms with Crippen LogP contribution in [0.15, 0.2) is 30.3 Å². The van der Waals surface area contributed by atoms with Crippen LogP contribution in [0.4, 0.5) is 0 Å². The number of likely N-dealkylation sites (tertiary alicyclic amines) is 1. The molecule has 0 radical (unpaired) electrons. The Morgan fingerprint density at radius 1 is 1.16 bits per heavy atom. The molecule has 1 fully saturated rings. The molecule has 1 aromatic rings. The summed E-state index contributed by atoms with van der Waals surface area (Å²) in [5.74, 6) is 0.760. The van der Waals surface area contributed by atoms with Gasteiger partial charge >= 0.3 is 0 Å². The summed E-state index contributed by atoms with van der Waals surface area (Å²) in [7, 11) is 0. The minimum atomic E-state index is 0.746. The van der Waals surface area contributed by atoms with E-state index in [1.54, 1.807) is 0 Å². The average Bonchev–Trinajstić information content (AvgIpc) is 2.45. The predicted octanol–water partition coefficient (Wildman–Crippen LogP) is 2.94. The summed E-state index contributed by atoms with van der Waals surface area (Å²) in [5.41, 5.74) is 1.46. The second-order valence-corrected chi connectivity index (χ2v) is 6.15. The van der Waals surface area contributed by atoms with Crippen molar-refractivity contribution in [1.29, 1.82) is 0 Å². The zero-order valence-electron chi connectivity index (χ0n) is 12.4. The van der Waals surface area contributed by atoms with Crippen LogP contribution >= 0.6 is 0 Å². The molecule has 1 saturated heterocycles. The molecular formula is C17H28N2. The van der Waals surface area contributed by atoms with E-state index in [4.69, 9.17) is 0 Å². The standard InChI is InChI=1S/C17H28N2/c1-15(2)14-18-17-9-12-19(13-10-17)11-8-16-6-4-3-5-7-16/h3-7,15,17-18H,8-14H2,1-2H3. The number of hydrogen-bond acceptors (Lipinski definition) is 2. The molecule has 1 heterocycles. The molecule has 0 amide bonds. The van der Waals surface area contributed by atoms with Crippen LogP contribution in [-0.2, 0) is 6.42 Å². The van der Waals surface area contributed by atoms with Gasteiger partial charge in [0.05, 0.1) is 0 Å². The molecule has 1 aromatic carbocycles. The summed E-state index contributed by atoms with van der Waals surface area (Å²) in [6, 6.07) is 11.6. The molecule has 0 spiro atoms. The predicted molar refractivity (Wildman–Crippen MR) is 82.4 cm³/mol. The number of rotatable bonds is 6. The van der Waals surface area contributed by atoms with Gasteiger partial charge in [0.25, 0.3) is 0 Å². The highest BCUT2D eigenvalue weighted by Gasteiger charge is 2.18. The fourth-order valence-corrected chi connectivity index (χ4v) is 2.69. The molecule has 2 rings (SSSR count). The maximum absolute atomic E-state index is 3.69. The van der Waals surface area contributed by atoms with Crippen molar-refractivity contribution in [3.8, 4) is 0 Å². The summed E-state index contributed by atoms with van der Waals surface area (Å²) in [6.07, 6.45) is 3.80. The van der Waals surface area contributed by atoms with Crippen molar-refractivity contribution in [1.82, 2.24) is 10.2 Å². The lowest BCUT2D eigenvalue weighted by Gasteiger charge is -2.32. The molecule has 0 atom stereocenters. The molecule has 106 valence electrons. The molecule has 0 unspecified atom stereocenters. The first-order chi connectivity index (χ1) is 9.24. The van der Waals surface area contributed by atoms with Gasteiger partial charge in [0.15, 0.2) is 0 Å². The molecule has 1 aliphatic heterocycles. The monoisotopic (exact) mass is 260 g/mol. The van der Waals surface area contributed by atoms with E-state index in [0.717, 1.165) is 18.5 Å². The van der Waals surface area contributed by atoms with E-state index in [-0.39, 0.29) is 0 Å². The van der Waals surface area contributed by atoms with Crippen LogP contribution in [0, 0.1) is 5.92 Å². The van der Waals surface area contributed by atoms with Gasteiger partial charge in [-0.05, 0) is 50.4 Å². The molecule has 1 N–H and O–H groups in total. The van der Waals surface area contributed by atoms with Crippen molar-refractivity contribution in [3.63, 3.8) is 0 Å². The van der Waals surface area contributed by atoms with Crippen molar-refractivity contribution >= 4 is 0 Å². The zero-order chi connectivity index (χ0) is 13.5. The highest BCUT2D eigenvalue weighted by atomic mass is 15.1. The first-order valence-corrected chi connectivity index (χ1v) is 7.73. The maximum Gasteiger partial charge on any atom is 0.00915 e. The van der Waals surface area contributed by atoms with Gasteiger partial charge in [-0.25, -0.2) is 0 Å². The fraction of sp³-hybridized carbons (Fsp3) is 0.647.